The van der Waals surface area contributed by atoms with Crippen LogP contribution in [0.15, 0.2) is 53.1 Å². The molecule has 3 aromatic rings. The molecule has 1 aromatic carbocycles. The van der Waals surface area contributed by atoms with Crippen LogP contribution in [-0.2, 0) is 0 Å². The van der Waals surface area contributed by atoms with E-state index in [4.69, 9.17) is 15.9 Å². The molecule has 0 bridgehead atoms. The van der Waals surface area contributed by atoms with E-state index in [-0.39, 0.29) is 17.9 Å². The lowest BCUT2D eigenvalue weighted by Crippen LogP contribution is -2.34. The quantitative estimate of drug-likeness (QED) is 0.720. The number of amides is 1. The van der Waals surface area contributed by atoms with Crippen molar-refractivity contribution in [3.05, 3.63) is 60.1 Å². The Morgan fingerprint density at radius 1 is 1.07 bits per heavy atom. The number of hydrogen-bond donors (Lipinski definition) is 2. The summed E-state index contributed by atoms with van der Waals surface area (Å²) in [6.45, 7) is 0.710. The SMILES string of the molecule is Nc1cc(-c2cccc(C(=O)N3CCCCCC3c3ccco3)c2)nc(N)n1. The first-order valence-corrected chi connectivity index (χ1v) is 9.46. The van der Waals surface area contributed by atoms with Crippen molar-refractivity contribution < 1.29 is 9.21 Å². The van der Waals surface area contributed by atoms with Crippen LogP contribution in [0.25, 0.3) is 11.3 Å². The van der Waals surface area contributed by atoms with Crippen LogP contribution in [0.1, 0.15) is 47.8 Å². The van der Waals surface area contributed by atoms with E-state index >= 15 is 0 Å². The number of nitrogen functional groups attached to an aromatic ring is 2. The van der Waals surface area contributed by atoms with Gasteiger partial charge in [0.1, 0.15) is 11.6 Å². The largest absolute Gasteiger partial charge is 0.467 e. The molecule has 28 heavy (non-hydrogen) atoms. The molecule has 1 aliphatic rings. The molecule has 0 aliphatic carbocycles. The highest BCUT2D eigenvalue weighted by Gasteiger charge is 2.29. The van der Waals surface area contributed by atoms with Gasteiger partial charge in [0.15, 0.2) is 0 Å². The van der Waals surface area contributed by atoms with Gasteiger partial charge in [0.05, 0.1) is 18.0 Å². The molecule has 0 spiro atoms. The third kappa shape index (κ3) is 3.69. The van der Waals surface area contributed by atoms with E-state index in [1.165, 1.54) is 0 Å². The van der Waals surface area contributed by atoms with Crippen molar-refractivity contribution in [2.24, 2.45) is 0 Å². The predicted octanol–water partition coefficient (Wildman–Crippen LogP) is 3.66. The highest BCUT2D eigenvalue weighted by Crippen LogP contribution is 2.32. The molecule has 4 N–H and O–H groups in total. The summed E-state index contributed by atoms with van der Waals surface area (Å²) in [4.78, 5) is 23.4. The number of likely N-dealkylation sites (tertiary alicyclic amines) is 1. The van der Waals surface area contributed by atoms with E-state index in [0.717, 1.165) is 37.0 Å². The second kappa shape index (κ2) is 7.72. The van der Waals surface area contributed by atoms with Crippen LogP contribution in [0.5, 0.6) is 0 Å². The van der Waals surface area contributed by atoms with Gasteiger partial charge >= 0.3 is 0 Å². The summed E-state index contributed by atoms with van der Waals surface area (Å²) < 4.78 is 5.63. The molecule has 1 amide bonds. The van der Waals surface area contributed by atoms with E-state index in [9.17, 15) is 4.79 Å². The molecule has 2 aromatic heterocycles. The molecule has 1 fully saturated rings. The zero-order valence-corrected chi connectivity index (χ0v) is 15.5. The fourth-order valence-electron chi connectivity index (χ4n) is 3.74. The van der Waals surface area contributed by atoms with Crippen molar-refractivity contribution in [3.8, 4) is 11.3 Å². The number of hydrogen-bond acceptors (Lipinski definition) is 6. The molecule has 1 atom stereocenters. The van der Waals surface area contributed by atoms with E-state index in [1.54, 1.807) is 12.3 Å². The third-order valence-electron chi connectivity index (χ3n) is 5.05. The Bertz CT molecular complexity index is 950. The summed E-state index contributed by atoms with van der Waals surface area (Å²) in [6.07, 6.45) is 5.74. The smallest absolute Gasteiger partial charge is 0.254 e. The third-order valence-corrected chi connectivity index (χ3v) is 5.05. The van der Waals surface area contributed by atoms with Gasteiger partial charge in [-0.05, 0) is 37.1 Å². The fourth-order valence-corrected chi connectivity index (χ4v) is 3.74. The number of rotatable bonds is 3. The summed E-state index contributed by atoms with van der Waals surface area (Å²) in [5.74, 6) is 1.23. The standard InChI is InChI=1S/C21H23N5O2/c22-19-13-16(24-21(23)25-19)14-6-4-7-15(12-14)20(27)26-10-3-1-2-8-17(26)18-9-5-11-28-18/h4-7,9,11-13,17H,1-3,8,10H2,(H4,22,23,24,25). The van der Waals surface area contributed by atoms with E-state index < -0.39 is 0 Å². The molecule has 1 aliphatic heterocycles. The Kier molecular flexibility index (Phi) is 4.97. The van der Waals surface area contributed by atoms with Crippen LogP contribution in [-0.4, -0.2) is 27.3 Å². The van der Waals surface area contributed by atoms with Gasteiger partial charge in [-0.3, -0.25) is 4.79 Å². The van der Waals surface area contributed by atoms with Crippen molar-refractivity contribution >= 4 is 17.7 Å². The monoisotopic (exact) mass is 377 g/mol. The zero-order chi connectivity index (χ0) is 19.5. The number of carbonyl (C=O) groups excluding carboxylic acids is 1. The molecule has 1 saturated heterocycles. The molecule has 3 heterocycles. The van der Waals surface area contributed by atoms with Crippen LogP contribution in [0.3, 0.4) is 0 Å². The van der Waals surface area contributed by atoms with Crippen molar-refractivity contribution in [1.82, 2.24) is 14.9 Å². The van der Waals surface area contributed by atoms with Gasteiger partial charge in [0.2, 0.25) is 5.95 Å². The molecular weight excluding hydrogens is 354 g/mol. The number of carbonyl (C=O) groups is 1. The molecule has 1 unspecified atom stereocenters. The predicted molar refractivity (Wildman–Crippen MR) is 107 cm³/mol. The summed E-state index contributed by atoms with van der Waals surface area (Å²) in [5.41, 5.74) is 13.5. The molecule has 7 nitrogen and oxygen atoms in total. The molecule has 0 saturated carbocycles. The van der Waals surface area contributed by atoms with Crippen molar-refractivity contribution in [2.45, 2.75) is 31.7 Å². The Hall–Kier alpha value is -3.35. The summed E-state index contributed by atoms with van der Waals surface area (Å²) in [7, 11) is 0. The first-order valence-electron chi connectivity index (χ1n) is 9.46. The number of aromatic nitrogens is 2. The summed E-state index contributed by atoms with van der Waals surface area (Å²) in [5, 5.41) is 0. The molecular formula is C21H23N5O2. The van der Waals surface area contributed by atoms with Gasteiger partial charge in [-0.25, -0.2) is 4.98 Å². The fraction of sp³-hybridized carbons (Fsp3) is 0.286. The Balaban J connectivity index is 1.67. The van der Waals surface area contributed by atoms with Gasteiger partial charge in [-0.1, -0.05) is 25.0 Å². The second-order valence-corrected chi connectivity index (χ2v) is 7.00. The van der Waals surface area contributed by atoms with Gasteiger partial charge in [-0.2, -0.15) is 4.98 Å². The van der Waals surface area contributed by atoms with Crippen LogP contribution in [0.2, 0.25) is 0 Å². The normalized spacial score (nSPS) is 17.3. The summed E-state index contributed by atoms with van der Waals surface area (Å²) in [6, 6.07) is 12.8. The lowest BCUT2D eigenvalue weighted by molar-refractivity contribution is 0.0658. The highest BCUT2D eigenvalue weighted by atomic mass is 16.3. The number of furan rings is 1. The lowest BCUT2D eigenvalue weighted by atomic mass is 10.0. The van der Waals surface area contributed by atoms with Crippen LogP contribution in [0, 0.1) is 0 Å². The molecule has 144 valence electrons. The van der Waals surface area contributed by atoms with Crippen LogP contribution < -0.4 is 11.5 Å². The average Bonchev–Trinajstić information content (AvgIpc) is 3.11. The van der Waals surface area contributed by atoms with Crippen molar-refractivity contribution in [1.29, 1.82) is 0 Å². The van der Waals surface area contributed by atoms with E-state index in [2.05, 4.69) is 9.97 Å². The number of anilines is 2. The summed E-state index contributed by atoms with van der Waals surface area (Å²) >= 11 is 0. The van der Waals surface area contributed by atoms with E-state index in [1.807, 2.05) is 41.3 Å². The number of nitrogens with two attached hydrogens (primary N) is 2. The second-order valence-electron chi connectivity index (χ2n) is 7.00. The molecule has 7 heteroatoms. The zero-order valence-electron chi connectivity index (χ0n) is 15.5. The first-order chi connectivity index (χ1) is 13.6. The van der Waals surface area contributed by atoms with Gasteiger partial charge in [0.25, 0.3) is 5.91 Å². The van der Waals surface area contributed by atoms with Crippen molar-refractivity contribution in [2.75, 3.05) is 18.0 Å². The van der Waals surface area contributed by atoms with E-state index in [0.29, 0.717) is 23.6 Å². The van der Waals surface area contributed by atoms with Crippen LogP contribution >= 0.6 is 0 Å². The maximum Gasteiger partial charge on any atom is 0.254 e. The Labute approximate surface area is 163 Å². The number of nitrogens with zero attached hydrogens (tertiary/aromatic N) is 3. The molecule has 4 rings (SSSR count). The minimum Gasteiger partial charge on any atom is -0.467 e. The minimum atomic E-state index is -0.0426. The molecule has 0 radical (unpaired) electrons. The van der Waals surface area contributed by atoms with Gasteiger partial charge < -0.3 is 20.8 Å². The maximum absolute atomic E-state index is 13.4. The number of benzene rings is 1. The van der Waals surface area contributed by atoms with Gasteiger partial charge in [-0.15, -0.1) is 0 Å². The minimum absolute atomic E-state index is 0.0137. The highest BCUT2D eigenvalue weighted by molar-refractivity contribution is 5.95. The Morgan fingerprint density at radius 2 is 1.96 bits per heavy atom. The topological polar surface area (TPSA) is 111 Å². The average molecular weight is 377 g/mol. The maximum atomic E-state index is 13.4. The van der Waals surface area contributed by atoms with Crippen LogP contribution in [0.4, 0.5) is 11.8 Å². The Morgan fingerprint density at radius 3 is 2.75 bits per heavy atom. The lowest BCUT2D eigenvalue weighted by Gasteiger charge is -2.29. The van der Waals surface area contributed by atoms with Crippen molar-refractivity contribution in [3.63, 3.8) is 0 Å². The first kappa shape index (κ1) is 18.0. The van der Waals surface area contributed by atoms with Gasteiger partial charge in [0, 0.05) is 23.7 Å².